The van der Waals surface area contributed by atoms with Gasteiger partial charge in [-0.2, -0.15) is 0 Å². The van der Waals surface area contributed by atoms with Crippen LogP contribution in [0.5, 0.6) is 0 Å². The molecule has 0 radical (unpaired) electrons. The molecule has 0 saturated heterocycles. The first-order chi connectivity index (χ1) is 39.0. The molecule has 0 spiro atoms. The molecule has 0 aliphatic carbocycles. The van der Waals surface area contributed by atoms with Crippen LogP contribution in [-0.2, 0) is 52.1 Å². The van der Waals surface area contributed by atoms with Crippen molar-refractivity contribution >= 4 is 68.7 Å². The van der Waals surface area contributed by atoms with Crippen molar-refractivity contribution in [3.05, 3.63) is 82.9 Å². The van der Waals surface area contributed by atoms with Gasteiger partial charge in [0.1, 0.15) is 11.2 Å². The molecular weight excluding hydrogens is 1050 g/mol. The van der Waals surface area contributed by atoms with E-state index in [-0.39, 0.29) is 52.7 Å². The van der Waals surface area contributed by atoms with Crippen molar-refractivity contribution in [2.24, 2.45) is 0 Å². The van der Waals surface area contributed by atoms with Gasteiger partial charge in [0.2, 0.25) is 0 Å². The summed E-state index contributed by atoms with van der Waals surface area (Å²) in [6.45, 7) is 18.4. The van der Waals surface area contributed by atoms with E-state index in [0.717, 1.165) is 22.1 Å². The number of ether oxygens (including phenoxy) is 11. The Morgan fingerprint density at radius 3 is 0.975 bits per heavy atom. The molecule has 4 aromatic carbocycles. The first-order valence-electron chi connectivity index (χ1n) is 27.5. The number of nitrogens with one attached hydrogen (secondary N) is 4. The summed E-state index contributed by atoms with van der Waals surface area (Å²) >= 11 is 0. The predicted molar refractivity (Wildman–Crippen MR) is 301 cm³/mol. The van der Waals surface area contributed by atoms with Gasteiger partial charge < -0.3 is 73.4 Å². The van der Waals surface area contributed by atoms with E-state index < -0.39 is 47.0 Å². The van der Waals surface area contributed by atoms with Gasteiger partial charge in [-0.25, -0.2) is 9.59 Å². The molecule has 0 atom stereocenters. The summed E-state index contributed by atoms with van der Waals surface area (Å²) in [5, 5.41) is 14.7. The summed E-state index contributed by atoms with van der Waals surface area (Å²) in [5.74, 6) is -1.57. The average molecular weight is 1130 g/mol. The number of imide groups is 2. The average Bonchev–Trinajstić information content (AvgIpc) is 3.62. The lowest BCUT2D eigenvalue weighted by Crippen LogP contribution is -2.42. The number of rotatable bonds is 38. The van der Waals surface area contributed by atoms with Crippen LogP contribution in [0.15, 0.2) is 60.7 Å². The minimum Gasteiger partial charge on any atom is -0.444 e. The highest BCUT2D eigenvalue weighted by Crippen LogP contribution is 2.36. The van der Waals surface area contributed by atoms with E-state index in [2.05, 4.69) is 21.3 Å². The lowest BCUT2D eigenvalue weighted by Gasteiger charge is -2.28. The van der Waals surface area contributed by atoms with Crippen LogP contribution in [0.3, 0.4) is 0 Å². The number of carbonyl (C=O) groups excluding carboxylic acids is 6. The van der Waals surface area contributed by atoms with Crippen LogP contribution < -0.4 is 21.3 Å². The zero-order valence-corrected chi connectivity index (χ0v) is 47.6. The van der Waals surface area contributed by atoms with Crippen LogP contribution in [0.1, 0.15) is 83.0 Å². The molecule has 0 saturated carbocycles. The molecule has 0 unspecified atom stereocenters. The topological polar surface area (TPSA) is 259 Å². The zero-order chi connectivity index (χ0) is 58.0. The highest BCUT2D eigenvalue weighted by molar-refractivity contribution is 6.27. The van der Waals surface area contributed by atoms with E-state index in [9.17, 15) is 28.8 Å². The van der Waals surface area contributed by atoms with Gasteiger partial charge in [-0.3, -0.25) is 29.0 Å². The number of carbonyl (C=O) groups is 6. The van der Waals surface area contributed by atoms with Gasteiger partial charge in [0.15, 0.2) is 0 Å². The lowest BCUT2D eigenvalue weighted by molar-refractivity contribution is 0.00784. The molecule has 23 nitrogen and oxygen atoms in total. The fraction of sp³-hybridized carbons (Fsp3) is 0.552. The van der Waals surface area contributed by atoms with Crippen LogP contribution in [0, 0.1) is 0 Å². The smallest absolute Gasteiger partial charge is 0.407 e. The Bertz CT molecular complexity index is 2480. The van der Waals surface area contributed by atoms with Crippen molar-refractivity contribution in [2.75, 3.05) is 169 Å². The fourth-order valence-electron chi connectivity index (χ4n) is 8.54. The molecular formula is C58H80N6O17. The molecule has 444 valence electrons. The summed E-state index contributed by atoms with van der Waals surface area (Å²) in [6, 6.07) is 17.9. The molecule has 81 heavy (non-hydrogen) atoms. The quantitative estimate of drug-likeness (QED) is 0.0300. The van der Waals surface area contributed by atoms with Gasteiger partial charge in [0.05, 0.1) is 132 Å². The number of anilines is 2. The number of alkyl carbamates (subject to hydrolysis) is 2. The molecule has 4 N–H and O–H groups in total. The zero-order valence-electron chi connectivity index (χ0n) is 47.6. The van der Waals surface area contributed by atoms with Gasteiger partial charge in [-0.1, -0.05) is 24.3 Å². The third-order valence-corrected chi connectivity index (χ3v) is 12.1. The highest BCUT2D eigenvalue weighted by atomic mass is 16.6. The van der Waals surface area contributed by atoms with Crippen LogP contribution in [-0.4, -0.2) is 215 Å². The fourth-order valence-corrected chi connectivity index (χ4v) is 8.54. The maximum absolute atomic E-state index is 13.6. The second-order valence-corrected chi connectivity index (χ2v) is 20.5. The number of nitrogens with zero attached hydrogens (tertiary/aromatic N) is 2. The van der Waals surface area contributed by atoms with E-state index in [1.54, 1.807) is 77.9 Å². The van der Waals surface area contributed by atoms with Gasteiger partial charge in [0, 0.05) is 81.4 Å². The predicted octanol–water partition coefficient (Wildman–Crippen LogP) is 5.91. The Kier molecular flexibility index (Phi) is 25.8. The molecule has 0 bridgehead atoms. The maximum Gasteiger partial charge on any atom is 0.407 e. The molecule has 6 amide bonds. The summed E-state index contributed by atoms with van der Waals surface area (Å²) in [5.41, 5.74) is 2.20. The monoisotopic (exact) mass is 1130 g/mol. The molecule has 4 aromatic rings. The van der Waals surface area contributed by atoms with Crippen molar-refractivity contribution < 1.29 is 80.9 Å². The van der Waals surface area contributed by atoms with Crippen LogP contribution >= 0.6 is 0 Å². The largest absolute Gasteiger partial charge is 0.444 e. The molecule has 2 aliphatic rings. The van der Waals surface area contributed by atoms with Crippen LogP contribution in [0.4, 0.5) is 21.0 Å². The Morgan fingerprint density at radius 1 is 0.370 bits per heavy atom. The van der Waals surface area contributed by atoms with Gasteiger partial charge >= 0.3 is 12.2 Å². The number of hydrogen-bond donors (Lipinski definition) is 4. The van der Waals surface area contributed by atoms with E-state index in [0.29, 0.717) is 138 Å². The van der Waals surface area contributed by atoms with Crippen molar-refractivity contribution in [1.82, 2.24) is 20.4 Å². The third kappa shape index (κ3) is 20.4. The van der Waals surface area contributed by atoms with Crippen molar-refractivity contribution in [2.45, 2.75) is 52.7 Å². The van der Waals surface area contributed by atoms with Gasteiger partial charge in [0.25, 0.3) is 23.6 Å². The first-order valence-corrected chi connectivity index (χ1v) is 27.5. The standard InChI is InChI=1S/C58H80N6O17/c1-57(2,3)80-55(69)61-19-25-73-31-37-77-35-29-71-23-17-59-47-15-13-45-49-41(47)9-7-11-43(49)51(65)63(53(45)67)21-27-75-33-39-79-40-34-76-28-22-64-52(66)44-12-8-10-42-48(16-14-46(50(42)44)54(64)68)60-18-24-72-30-36-78-38-32-74-26-20-62-56(70)81-58(4,5)6/h7-16,59-60H,17-40H2,1-6H3,(H,61,69)(H,62,70). The second-order valence-electron chi connectivity index (χ2n) is 20.5. The maximum atomic E-state index is 13.6. The summed E-state index contributed by atoms with van der Waals surface area (Å²) < 4.78 is 60.9. The Hall–Kier alpha value is -6.54. The first kappa shape index (κ1) is 63.6. The molecule has 2 aliphatic heterocycles. The van der Waals surface area contributed by atoms with Crippen molar-refractivity contribution in [3.63, 3.8) is 0 Å². The van der Waals surface area contributed by atoms with Crippen LogP contribution in [0.2, 0.25) is 0 Å². The van der Waals surface area contributed by atoms with E-state index in [1.807, 2.05) is 24.3 Å². The number of hydrogen-bond acceptors (Lipinski definition) is 19. The Balaban J connectivity index is 0.784. The summed E-state index contributed by atoms with van der Waals surface area (Å²) in [4.78, 5) is 80.1. The third-order valence-electron chi connectivity index (χ3n) is 12.1. The minimum absolute atomic E-state index is 0.0659. The Labute approximate surface area is 473 Å². The van der Waals surface area contributed by atoms with E-state index in [1.165, 1.54) is 9.80 Å². The van der Waals surface area contributed by atoms with Crippen LogP contribution in [0.25, 0.3) is 21.5 Å². The molecule has 0 aromatic heterocycles. The van der Waals surface area contributed by atoms with Gasteiger partial charge in [-0.05, 0) is 77.9 Å². The highest BCUT2D eigenvalue weighted by Gasteiger charge is 2.34. The Morgan fingerprint density at radius 2 is 0.654 bits per heavy atom. The van der Waals surface area contributed by atoms with Crippen molar-refractivity contribution in [3.8, 4) is 0 Å². The number of benzene rings is 4. The minimum atomic E-state index is -0.554. The lowest BCUT2D eigenvalue weighted by atomic mass is 9.93. The summed E-state index contributed by atoms with van der Waals surface area (Å²) in [7, 11) is 0. The molecule has 6 rings (SSSR count). The molecule has 0 fully saturated rings. The van der Waals surface area contributed by atoms with Crippen molar-refractivity contribution in [1.29, 1.82) is 0 Å². The summed E-state index contributed by atoms with van der Waals surface area (Å²) in [6.07, 6.45) is -0.968. The second kappa shape index (κ2) is 32.8. The normalized spacial score (nSPS) is 13.4. The molecule has 23 heteroatoms. The van der Waals surface area contributed by atoms with E-state index in [4.69, 9.17) is 52.1 Å². The van der Waals surface area contributed by atoms with Gasteiger partial charge in [-0.15, -0.1) is 0 Å². The SMILES string of the molecule is CC(C)(C)OC(=O)NCCOCCOCCOCCNc1ccc2c3c(cccc13)C(=O)N(CCOCCOCCOCCN1C(=O)c3cccc4c(NCCOCCOCCOCCNC(=O)OC(C)(C)C)ccc(c34)C1=O)C2=O. The van der Waals surface area contributed by atoms with E-state index >= 15 is 0 Å². The molecule has 2 heterocycles. The number of amides is 6.